The molecule has 0 unspecified atom stereocenters. The van der Waals surface area contributed by atoms with E-state index in [1.54, 1.807) is 12.2 Å². The molecule has 1 heterocycles. The van der Waals surface area contributed by atoms with Crippen molar-refractivity contribution in [3.8, 4) is 0 Å². The molecule has 3 heteroatoms. The van der Waals surface area contributed by atoms with Crippen LogP contribution in [0.2, 0.25) is 0 Å². The minimum absolute atomic E-state index is 0.394. The van der Waals surface area contributed by atoms with Gasteiger partial charge in [-0.15, -0.1) is 13.2 Å². The number of cyclic esters (lactones) is 1. The first-order chi connectivity index (χ1) is 6.22. The van der Waals surface area contributed by atoms with Crippen LogP contribution in [0.15, 0.2) is 37.6 Å². The Bertz CT molecular complexity index is 243. The molecule has 1 rings (SSSR count). The third-order valence-electron chi connectivity index (χ3n) is 1.68. The second-order valence-electron chi connectivity index (χ2n) is 2.74. The summed E-state index contributed by atoms with van der Waals surface area (Å²) in [4.78, 5) is 11.0. The molecule has 0 aromatic rings. The van der Waals surface area contributed by atoms with Crippen LogP contribution in [0.25, 0.3) is 0 Å². The van der Waals surface area contributed by atoms with Gasteiger partial charge in [0, 0.05) is 12.8 Å². The van der Waals surface area contributed by atoms with Crippen LogP contribution in [0.5, 0.6) is 0 Å². The average molecular weight is 180 g/mol. The Kier molecular flexibility index (Phi) is 2.90. The maximum absolute atomic E-state index is 11.0. The van der Waals surface area contributed by atoms with Crippen LogP contribution >= 0.6 is 0 Å². The lowest BCUT2D eigenvalue weighted by molar-refractivity contribution is -0.211. The molecule has 0 aromatic heterocycles. The van der Waals surface area contributed by atoms with E-state index in [4.69, 9.17) is 9.47 Å². The fourth-order valence-electron chi connectivity index (χ4n) is 1.16. The summed E-state index contributed by atoms with van der Waals surface area (Å²) in [5.74, 6) is -1.31. The number of ether oxygens (including phenoxy) is 2. The van der Waals surface area contributed by atoms with Crippen LogP contribution in [0.4, 0.5) is 0 Å². The molecule has 0 aromatic carbocycles. The van der Waals surface area contributed by atoms with Crippen LogP contribution in [-0.4, -0.2) is 11.8 Å². The maximum atomic E-state index is 11.0. The first-order valence-electron chi connectivity index (χ1n) is 4.01. The number of hydrogen-bond donors (Lipinski definition) is 0. The van der Waals surface area contributed by atoms with Crippen molar-refractivity contribution in [2.24, 2.45) is 0 Å². The molecule has 70 valence electrons. The molecule has 0 atom stereocenters. The fourth-order valence-corrected chi connectivity index (χ4v) is 1.16. The summed E-state index contributed by atoms with van der Waals surface area (Å²) in [7, 11) is 0. The molecule has 0 radical (unpaired) electrons. The smallest absolute Gasteiger partial charge is 0.337 e. The van der Waals surface area contributed by atoms with Crippen molar-refractivity contribution in [1.29, 1.82) is 0 Å². The lowest BCUT2D eigenvalue weighted by atomic mass is 10.1. The van der Waals surface area contributed by atoms with Gasteiger partial charge in [0.15, 0.2) is 0 Å². The van der Waals surface area contributed by atoms with Gasteiger partial charge in [0.05, 0.1) is 12.3 Å². The number of carbonyl (C=O) groups excluding carboxylic acids is 1. The van der Waals surface area contributed by atoms with Crippen LogP contribution in [0, 0.1) is 0 Å². The van der Waals surface area contributed by atoms with Crippen molar-refractivity contribution < 1.29 is 14.3 Å². The molecule has 0 fully saturated rings. The maximum Gasteiger partial charge on any atom is 0.337 e. The molecule has 0 aliphatic carbocycles. The zero-order valence-electron chi connectivity index (χ0n) is 7.36. The highest BCUT2D eigenvalue weighted by atomic mass is 16.7. The average Bonchev–Trinajstić information content (AvgIpc) is 2.04. The number of hydrogen-bond acceptors (Lipinski definition) is 3. The van der Waals surface area contributed by atoms with Crippen LogP contribution in [0.1, 0.15) is 12.8 Å². The molecule has 0 bridgehead atoms. The van der Waals surface area contributed by atoms with Gasteiger partial charge in [0.25, 0.3) is 5.79 Å². The van der Waals surface area contributed by atoms with Gasteiger partial charge in [-0.2, -0.15) is 0 Å². The SMILES string of the molecule is C=CCC1(CC=C)OC=CC(=O)O1. The van der Waals surface area contributed by atoms with E-state index in [-0.39, 0.29) is 0 Å². The van der Waals surface area contributed by atoms with Gasteiger partial charge < -0.3 is 9.47 Å². The van der Waals surface area contributed by atoms with Crippen LogP contribution in [-0.2, 0) is 14.3 Å². The summed E-state index contributed by atoms with van der Waals surface area (Å²) in [6.45, 7) is 7.15. The molecule has 3 nitrogen and oxygen atoms in total. The van der Waals surface area contributed by atoms with Gasteiger partial charge in [0.1, 0.15) is 0 Å². The van der Waals surface area contributed by atoms with E-state index in [1.807, 2.05) is 0 Å². The zero-order chi connectivity index (χ0) is 9.73. The molecule has 0 N–H and O–H groups in total. The quantitative estimate of drug-likeness (QED) is 0.489. The summed E-state index contributed by atoms with van der Waals surface area (Å²) < 4.78 is 10.3. The molecule has 0 saturated heterocycles. The highest BCUT2D eigenvalue weighted by Crippen LogP contribution is 2.27. The van der Waals surface area contributed by atoms with Gasteiger partial charge in [0.2, 0.25) is 0 Å². The molecule has 0 spiro atoms. The van der Waals surface area contributed by atoms with Crippen molar-refractivity contribution >= 4 is 5.97 Å². The number of rotatable bonds is 4. The van der Waals surface area contributed by atoms with E-state index < -0.39 is 11.8 Å². The highest BCUT2D eigenvalue weighted by Gasteiger charge is 2.34. The van der Waals surface area contributed by atoms with E-state index in [9.17, 15) is 4.79 Å². The standard InChI is InChI=1S/C10H12O3/c1-3-6-10(7-4-2)12-8-5-9(11)13-10/h3-5,8H,1-2,6-7H2. The first-order valence-corrected chi connectivity index (χ1v) is 4.01. The van der Waals surface area contributed by atoms with Gasteiger partial charge in [-0.1, -0.05) is 12.2 Å². The Morgan fingerprint density at radius 1 is 1.38 bits per heavy atom. The molecular formula is C10H12O3. The Morgan fingerprint density at radius 3 is 2.46 bits per heavy atom. The summed E-state index contributed by atoms with van der Waals surface area (Å²) >= 11 is 0. The van der Waals surface area contributed by atoms with Crippen LogP contribution < -0.4 is 0 Å². The topological polar surface area (TPSA) is 35.5 Å². The predicted molar refractivity (Wildman–Crippen MR) is 48.7 cm³/mol. The summed E-state index contributed by atoms with van der Waals surface area (Å²) in [6.07, 6.45) is 6.79. The normalized spacial score (nSPS) is 18.6. The third kappa shape index (κ3) is 2.21. The summed E-state index contributed by atoms with van der Waals surface area (Å²) in [5, 5.41) is 0. The second-order valence-corrected chi connectivity index (χ2v) is 2.74. The van der Waals surface area contributed by atoms with E-state index in [0.29, 0.717) is 12.8 Å². The number of esters is 1. The summed E-state index contributed by atoms with van der Waals surface area (Å²) in [5.41, 5.74) is 0. The molecule has 1 aliphatic heterocycles. The van der Waals surface area contributed by atoms with Gasteiger partial charge in [-0.25, -0.2) is 4.79 Å². The minimum atomic E-state index is -0.921. The van der Waals surface area contributed by atoms with Crippen LogP contribution in [0.3, 0.4) is 0 Å². The van der Waals surface area contributed by atoms with Crippen molar-refractivity contribution in [2.45, 2.75) is 18.6 Å². The third-order valence-corrected chi connectivity index (χ3v) is 1.68. The van der Waals surface area contributed by atoms with E-state index >= 15 is 0 Å². The monoisotopic (exact) mass is 180 g/mol. The second kappa shape index (κ2) is 3.94. The molecule has 13 heavy (non-hydrogen) atoms. The lowest BCUT2D eigenvalue weighted by Gasteiger charge is -2.32. The molecule has 1 aliphatic rings. The fraction of sp³-hybridized carbons (Fsp3) is 0.300. The predicted octanol–water partition coefficient (Wildman–Crippen LogP) is 1.92. The Hall–Kier alpha value is -1.51. The van der Waals surface area contributed by atoms with E-state index in [1.165, 1.54) is 12.3 Å². The Balaban J connectivity index is 2.77. The van der Waals surface area contributed by atoms with Gasteiger partial charge in [-0.3, -0.25) is 0 Å². The molecular weight excluding hydrogens is 168 g/mol. The van der Waals surface area contributed by atoms with Crippen molar-refractivity contribution in [3.05, 3.63) is 37.6 Å². The van der Waals surface area contributed by atoms with E-state index in [2.05, 4.69) is 13.2 Å². The molecule has 0 amide bonds. The largest absolute Gasteiger partial charge is 0.459 e. The minimum Gasteiger partial charge on any atom is -0.459 e. The Labute approximate surface area is 77.3 Å². The summed E-state index contributed by atoms with van der Waals surface area (Å²) in [6, 6.07) is 0. The van der Waals surface area contributed by atoms with Crippen molar-refractivity contribution in [2.75, 3.05) is 0 Å². The van der Waals surface area contributed by atoms with Gasteiger partial charge in [-0.05, 0) is 0 Å². The van der Waals surface area contributed by atoms with Gasteiger partial charge >= 0.3 is 5.97 Å². The highest BCUT2D eigenvalue weighted by molar-refractivity contribution is 5.82. The van der Waals surface area contributed by atoms with E-state index in [0.717, 1.165) is 0 Å². The van der Waals surface area contributed by atoms with Crippen molar-refractivity contribution in [3.63, 3.8) is 0 Å². The first kappa shape index (κ1) is 9.58. The van der Waals surface area contributed by atoms with Crippen molar-refractivity contribution in [1.82, 2.24) is 0 Å². The lowest BCUT2D eigenvalue weighted by Crippen LogP contribution is -2.37. The zero-order valence-corrected chi connectivity index (χ0v) is 7.36. The Morgan fingerprint density at radius 2 is 2.00 bits per heavy atom. The molecule has 0 saturated carbocycles. The number of carbonyl (C=O) groups is 1.